The quantitative estimate of drug-likeness (QED) is 0.740. The Bertz CT molecular complexity index is 897. The molecular formula is C20H27N5O4. The Morgan fingerprint density at radius 3 is 2.79 bits per heavy atom. The first kappa shape index (κ1) is 20.5. The summed E-state index contributed by atoms with van der Waals surface area (Å²) in [6.45, 7) is 10.00. The van der Waals surface area contributed by atoms with Crippen molar-refractivity contribution in [3.63, 3.8) is 0 Å². The molecule has 2 aromatic rings. The van der Waals surface area contributed by atoms with Gasteiger partial charge in [-0.05, 0) is 33.3 Å². The number of amides is 1. The molecule has 0 spiro atoms. The van der Waals surface area contributed by atoms with E-state index in [0.29, 0.717) is 53.9 Å². The molecule has 2 aromatic heterocycles. The number of nitrogens with one attached hydrogen (secondary N) is 1. The van der Waals surface area contributed by atoms with Gasteiger partial charge in [0.05, 0.1) is 34.9 Å². The molecule has 0 aromatic carbocycles. The van der Waals surface area contributed by atoms with Crippen molar-refractivity contribution in [2.75, 3.05) is 18.9 Å². The number of fused-ring (bicyclic) bond motifs is 1. The summed E-state index contributed by atoms with van der Waals surface area (Å²) in [4.78, 5) is 16.9. The number of rotatable bonds is 5. The topological polar surface area (TPSA) is 114 Å². The van der Waals surface area contributed by atoms with Gasteiger partial charge in [0.15, 0.2) is 5.75 Å². The Kier molecular flexibility index (Phi) is 5.67. The molecule has 0 bridgehead atoms. The number of aryl methyl sites for hydroxylation is 1. The number of anilines is 1. The predicted molar refractivity (Wildman–Crippen MR) is 109 cm³/mol. The van der Waals surface area contributed by atoms with Gasteiger partial charge in [-0.25, -0.2) is 9.78 Å². The van der Waals surface area contributed by atoms with E-state index in [1.165, 1.54) is 0 Å². The maximum Gasteiger partial charge on any atom is 0.408 e. The lowest BCUT2D eigenvalue weighted by atomic mass is 10.0. The van der Waals surface area contributed by atoms with Crippen LogP contribution in [0.25, 0.3) is 11.3 Å². The molecule has 29 heavy (non-hydrogen) atoms. The average Bonchev–Trinajstić information content (AvgIpc) is 2.97. The van der Waals surface area contributed by atoms with Crippen LogP contribution in [0.2, 0.25) is 0 Å². The summed E-state index contributed by atoms with van der Waals surface area (Å²) < 4.78 is 18.6. The lowest BCUT2D eigenvalue weighted by molar-refractivity contribution is 0.0502. The van der Waals surface area contributed by atoms with Crippen molar-refractivity contribution < 1.29 is 19.0 Å². The molecule has 1 atom stereocenters. The highest BCUT2D eigenvalue weighted by Gasteiger charge is 2.27. The number of aromatic nitrogens is 3. The van der Waals surface area contributed by atoms with E-state index in [1.54, 1.807) is 44.8 Å². The van der Waals surface area contributed by atoms with Gasteiger partial charge in [0.2, 0.25) is 0 Å². The van der Waals surface area contributed by atoms with E-state index in [9.17, 15) is 4.79 Å². The highest BCUT2D eigenvalue weighted by atomic mass is 16.6. The molecule has 1 aliphatic rings. The Balaban J connectivity index is 2.04. The molecule has 9 heteroatoms. The van der Waals surface area contributed by atoms with Crippen molar-refractivity contribution in [1.82, 2.24) is 20.1 Å². The lowest BCUT2D eigenvalue weighted by Gasteiger charge is -2.25. The minimum atomic E-state index is -0.614. The van der Waals surface area contributed by atoms with Crippen molar-refractivity contribution in [2.24, 2.45) is 7.05 Å². The zero-order valence-electron chi connectivity index (χ0n) is 17.2. The van der Waals surface area contributed by atoms with Crippen LogP contribution >= 0.6 is 0 Å². The highest BCUT2D eigenvalue weighted by Crippen LogP contribution is 2.42. The Labute approximate surface area is 169 Å². The molecule has 1 amide bonds. The standard InChI is InChI=1S/C20H27N5O4/c1-6-7-14(24-19(26)29-20(2,3)4)15-10-12(16-13(21)11-22-25(16)5)17-18(23-15)28-9-8-27-17/h6,10-11,14H,1,7-9,21H2,2-5H3,(H,24,26)/t14-/m0/s1. The molecule has 0 saturated carbocycles. The van der Waals surface area contributed by atoms with Gasteiger partial charge in [0.25, 0.3) is 5.88 Å². The summed E-state index contributed by atoms with van der Waals surface area (Å²) in [6.07, 6.45) is 3.19. The Hall–Kier alpha value is -3.23. The summed E-state index contributed by atoms with van der Waals surface area (Å²) in [7, 11) is 1.79. The van der Waals surface area contributed by atoms with Crippen LogP contribution in [-0.2, 0) is 11.8 Å². The maximum atomic E-state index is 12.3. The van der Waals surface area contributed by atoms with E-state index < -0.39 is 17.7 Å². The minimum Gasteiger partial charge on any atom is -0.484 e. The smallest absolute Gasteiger partial charge is 0.408 e. The molecule has 0 fully saturated rings. The first-order valence-electron chi connectivity index (χ1n) is 9.38. The van der Waals surface area contributed by atoms with Crippen LogP contribution in [0.3, 0.4) is 0 Å². The van der Waals surface area contributed by atoms with E-state index in [1.807, 2.05) is 6.07 Å². The van der Waals surface area contributed by atoms with Crippen molar-refractivity contribution in [1.29, 1.82) is 0 Å². The number of carbonyl (C=O) groups is 1. The third-order valence-corrected chi connectivity index (χ3v) is 4.20. The van der Waals surface area contributed by atoms with Gasteiger partial charge in [-0.3, -0.25) is 4.68 Å². The van der Waals surface area contributed by atoms with Crippen LogP contribution in [0.15, 0.2) is 24.9 Å². The summed E-state index contributed by atoms with van der Waals surface area (Å²) in [5.41, 5.74) is 7.98. The van der Waals surface area contributed by atoms with Crippen LogP contribution in [-0.4, -0.2) is 39.7 Å². The van der Waals surface area contributed by atoms with E-state index >= 15 is 0 Å². The van der Waals surface area contributed by atoms with Crippen molar-refractivity contribution in [3.8, 4) is 22.9 Å². The molecule has 3 heterocycles. The largest absolute Gasteiger partial charge is 0.484 e. The monoisotopic (exact) mass is 401 g/mol. The first-order valence-corrected chi connectivity index (χ1v) is 9.38. The van der Waals surface area contributed by atoms with Gasteiger partial charge in [-0.2, -0.15) is 5.10 Å². The first-order chi connectivity index (χ1) is 13.7. The average molecular weight is 401 g/mol. The molecular weight excluding hydrogens is 374 g/mol. The second kappa shape index (κ2) is 8.02. The molecule has 3 N–H and O–H groups in total. The number of nitrogens with zero attached hydrogens (tertiary/aromatic N) is 3. The van der Waals surface area contributed by atoms with Crippen molar-refractivity contribution in [2.45, 2.75) is 38.8 Å². The number of alkyl carbamates (subject to hydrolysis) is 1. The number of nitrogen functional groups attached to an aromatic ring is 1. The van der Waals surface area contributed by atoms with Gasteiger partial charge < -0.3 is 25.3 Å². The van der Waals surface area contributed by atoms with Gasteiger partial charge in [-0.15, -0.1) is 6.58 Å². The third-order valence-electron chi connectivity index (χ3n) is 4.20. The third kappa shape index (κ3) is 4.61. The van der Waals surface area contributed by atoms with Crippen molar-refractivity contribution >= 4 is 11.8 Å². The normalized spacial score (nSPS) is 14.2. The SMILES string of the molecule is C=CC[C@H](NC(=O)OC(C)(C)C)c1cc(-c2c(N)cnn2C)c2c(n1)OCCO2. The summed E-state index contributed by atoms with van der Waals surface area (Å²) in [5.74, 6) is 0.856. The fourth-order valence-electron chi connectivity index (χ4n) is 3.06. The minimum absolute atomic E-state index is 0.351. The van der Waals surface area contributed by atoms with Crippen LogP contribution in [0.4, 0.5) is 10.5 Å². The molecule has 0 unspecified atom stereocenters. The van der Waals surface area contributed by atoms with E-state index in [-0.39, 0.29) is 0 Å². The predicted octanol–water partition coefficient (Wildman–Crippen LogP) is 2.98. The van der Waals surface area contributed by atoms with Crippen LogP contribution in [0.5, 0.6) is 11.6 Å². The van der Waals surface area contributed by atoms with E-state index in [4.69, 9.17) is 19.9 Å². The van der Waals surface area contributed by atoms with E-state index in [2.05, 4.69) is 22.0 Å². The second-order valence-electron chi connectivity index (χ2n) is 7.72. The van der Waals surface area contributed by atoms with Crippen LogP contribution in [0.1, 0.15) is 38.9 Å². The maximum absolute atomic E-state index is 12.3. The van der Waals surface area contributed by atoms with Crippen LogP contribution in [0, 0.1) is 0 Å². The molecule has 0 radical (unpaired) electrons. The lowest BCUT2D eigenvalue weighted by Crippen LogP contribution is -2.35. The molecule has 0 aliphatic carbocycles. The molecule has 156 valence electrons. The summed E-state index contributed by atoms with van der Waals surface area (Å²) in [6, 6.07) is 1.36. The zero-order valence-corrected chi connectivity index (χ0v) is 17.2. The number of pyridine rings is 1. The Morgan fingerprint density at radius 2 is 2.17 bits per heavy atom. The van der Waals surface area contributed by atoms with Gasteiger partial charge >= 0.3 is 6.09 Å². The number of hydrogen-bond donors (Lipinski definition) is 2. The Morgan fingerprint density at radius 1 is 1.45 bits per heavy atom. The van der Waals surface area contributed by atoms with Crippen molar-refractivity contribution in [3.05, 3.63) is 30.6 Å². The summed E-state index contributed by atoms with van der Waals surface area (Å²) in [5, 5.41) is 7.06. The second-order valence-corrected chi connectivity index (χ2v) is 7.72. The molecule has 1 aliphatic heterocycles. The van der Waals surface area contributed by atoms with Crippen LogP contribution < -0.4 is 20.5 Å². The molecule has 3 rings (SSSR count). The fraction of sp³-hybridized carbons (Fsp3) is 0.450. The number of carbonyl (C=O) groups excluding carboxylic acids is 1. The highest BCUT2D eigenvalue weighted by molar-refractivity contribution is 5.79. The van der Waals surface area contributed by atoms with Gasteiger partial charge in [-0.1, -0.05) is 6.08 Å². The number of hydrogen-bond acceptors (Lipinski definition) is 7. The molecule has 0 saturated heterocycles. The summed E-state index contributed by atoms with van der Waals surface area (Å²) >= 11 is 0. The number of nitrogens with two attached hydrogens (primary N) is 1. The molecule has 9 nitrogen and oxygen atoms in total. The zero-order chi connectivity index (χ0) is 21.2. The fourth-order valence-corrected chi connectivity index (χ4v) is 3.06. The van der Waals surface area contributed by atoms with Gasteiger partial charge in [0.1, 0.15) is 18.8 Å². The number of ether oxygens (including phenoxy) is 3. The van der Waals surface area contributed by atoms with E-state index in [0.717, 1.165) is 0 Å². The van der Waals surface area contributed by atoms with Gasteiger partial charge in [0, 0.05) is 7.05 Å².